The van der Waals surface area contributed by atoms with Crippen LogP contribution in [0.25, 0.3) is 0 Å². The molecule has 44 heavy (non-hydrogen) atoms. The van der Waals surface area contributed by atoms with E-state index in [0.717, 1.165) is 0 Å². The van der Waals surface area contributed by atoms with Crippen molar-refractivity contribution in [3.63, 3.8) is 0 Å². The van der Waals surface area contributed by atoms with Crippen molar-refractivity contribution in [1.29, 1.82) is 0 Å². The molecule has 5 saturated heterocycles. The van der Waals surface area contributed by atoms with Gasteiger partial charge in [0.05, 0.1) is 13.7 Å². The topological polar surface area (TPSA) is 164 Å². The Bertz CT molecular complexity index is 1590. The van der Waals surface area contributed by atoms with Crippen molar-refractivity contribution in [3.05, 3.63) is 62.4 Å². The van der Waals surface area contributed by atoms with Gasteiger partial charge < -0.3 is 33.2 Å². The summed E-state index contributed by atoms with van der Waals surface area (Å²) in [5.41, 5.74) is -0.200. The number of aromatic amines is 1. The number of phosphoric acid groups is 1. The first-order valence-corrected chi connectivity index (χ1v) is 15.8. The Morgan fingerprint density at radius 1 is 0.886 bits per heavy atom. The summed E-state index contributed by atoms with van der Waals surface area (Å²) >= 11 is 0. The van der Waals surface area contributed by atoms with Crippen LogP contribution in [0.15, 0.2) is 40.1 Å². The van der Waals surface area contributed by atoms with E-state index in [1.54, 1.807) is 66.0 Å². The minimum absolute atomic E-state index is 0.296. The SMILES string of the molecule is COc1ccc([C@H]2O[P@](=O)(OC[C@H]3O[C@@H](n4cc(C)c(=O)[nH]c4=O)[C@@H]4OC(C)(C)O[C@@H]43)O[C@@H]3[C@H]4OC(C)(C)O[C@H]4O[C@@H]32)cc1. The third kappa shape index (κ3) is 5.28. The Morgan fingerprint density at radius 2 is 1.57 bits per heavy atom. The van der Waals surface area contributed by atoms with E-state index < -0.39 is 85.9 Å². The van der Waals surface area contributed by atoms with E-state index in [1.165, 1.54) is 10.8 Å². The highest BCUT2D eigenvalue weighted by Gasteiger charge is 2.63. The number of rotatable bonds is 6. The van der Waals surface area contributed by atoms with Crippen LogP contribution in [0.2, 0.25) is 0 Å². The molecule has 2 aromatic rings. The van der Waals surface area contributed by atoms with Gasteiger partial charge in [0, 0.05) is 11.8 Å². The summed E-state index contributed by atoms with van der Waals surface area (Å²) in [5, 5.41) is 0. The number of phosphoric ester groups is 1. The summed E-state index contributed by atoms with van der Waals surface area (Å²) < 4.78 is 75.3. The lowest BCUT2D eigenvalue weighted by atomic mass is 9.99. The average molecular weight is 639 g/mol. The van der Waals surface area contributed by atoms with Crippen LogP contribution in [-0.2, 0) is 46.6 Å². The quantitative estimate of drug-likeness (QED) is 0.459. The Kier molecular flexibility index (Phi) is 7.25. The van der Waals surface area contributed by atoms with E-state index in [0.29, 0.717) is 16.9 Å². The number of fused-ring (bicyclic) bond motifs is 4. The summed E-state index contributed by atoms with van der Waals surface area (Å²) in [6.45, 7) is 8.26. The first-order chi connectivity index (χ1) is 20.7. The molecule has 5 fully saturated rings. The molecular weight excluding hydrogens is 603 g/mol. The number of aryl methyl sites for hydroxylation is 1. The fourth-order valence-electron chi connectivity index (χ4n) is 6.30. The summed E-state index contributed by atoms with van der Waals surface area (Å²) in [5.74, 6) is -1.31. The molecule has 0 aliphatic carbocycles. The highest BCUT2D eigenvalue weighted by atomic mass is 31.2. The van der Waals surface area contributed by atoms with Gasteiger partial charge >= 0.3 is 13.5 Å². The van der Waals surface area contributed by atoms with E-state index in [1.807, 2.05) is 0 Å². The van der Waals surface area contributed by atoms with Gasteiger partial charge in [0.25, 0.3) is 5.56 Å². The average Bonchev–Trinajstić information content (AvgIpc) is 3.65. The van der Waals surface area contributed by atoms with Gasteiger partial charge in [-0.05, 0) is 52.3 Å². The second-order valence-electron chi connectivity index (χ2n) is 12.3. The minimum Gasteiger partial charge on any atom is -0.497 e. The second kappa shape index (κ2) is 10.6. The smallest absolute Gasteiger partial charge is 0.476 e. The van der Waals surface area contributed by atoms with E-state index in [2.05, 4.69) is 4.98 Å². The molecule has 1 aromatic carbocycles. The number of nitrogens with one attached hydrogen (secondary N) is 1. The largest absolute Gasteiger partial charge is 0.497 e. The van der Waals surface area contributed by atoms with E-state index in [-0.39, 0.29) is 6.61 Å². The van der Waals surface area contributed by atoms with Crippen LogP contribution in [0, 0.1) is 6.92 Å². The zero-order valence-corrected chi connectivity index (χ0v) is 25.9. The number of ether oxygens (including phenoxy) is 7. The number of hydrogen-bond donors (Lipinski definition) is 1. The molecule has 10 atom stereocenters. The van der Waals surface area contributed by atoms with Crippen LogP contribution in [0.4, 0.5) is 0 Å². The predicted octanol–water partition coefficient (Wildman–Crippen LogP) is 2.43. The van der Waals surface area contributed by atoms with Crippen LogP contribution in [-0.4, -0.2) is 77.8 Å². The van der Waals surface area contributed by atoms with Crippen LogP contribution in [0.5, 0.6) is 5.75 Å². The Hall–Kier alpha value is -2.43. The maximum Gasteiger partial charge on any atom is 0.476 e. The van der Waals surface area contributed by atoms with E-state index in [9.17, 15) is 14.2 Å². The summed E-state index contributed by atoms with van der Waals surface area (Å²) in [6.07, 6.45) is -5.70. The van der Waals surface area contributed by atoms with E-state index in [4.69, 9.17) is 46.7 Å². The number of aromatic nitrogens is 2. The fourth-order valence-corrected chi connectivity index (χ4v) is 7.86. The minimum atomic E-state index is -4.29. The third-order valence-electron chi connectivity index (χ3n) is 8.21. The summed E-state index contributed by atoms with van der Waals surface area (Å²) in [4.78, 5) is 27.0. The zero-order chi connectivity index (χ0) is 31.2. The maximum atomic E-state index is 14.2. The first kappa shape index (κ1) is 30.2. The van der Waals surface area contributed by atoms with Crippen molar-refractivity contribution in [3.8, 4) is 5.75 Å². The van der Waals surface area contributed by atoms with Gasteiger partial charge in [-0.15, -0.1) is 0 Å². The van der Waals surface area contributed by atoms with Gasteiger partial charge in [0.15, 0.2) is 24.1 Å². The molecular formula is C28H35N2O13P. The van der Waals surface area contributed by atoms with Crippen LogP contribution in [0.3, 0.4) is 0 Å². The molecule has 0 amide bonds. The zero-order valence-electron chi connectivity index (χ0n) is 25.0. The van der Waals surface area contributed by atoms with Crippen molar-refractivity contribution >= 4 is 7.82 Å². The Morgan fingerprint density at radius 3 is 2.30 bits per heavy atom. The van der Waals surface area contributed by atoms with Crippen molar-refractivity contribution in [2.24, 2.45) is 0 Å². The van der Waals surface area contributed by atoms with Gasteiger partial charge in [0.2, 0.25) is 0 Å². The maximum absolute atomic E-state index is 14.2. The molecule has 1 aromatic heterocycles. The standard InChI is InChI=1S/C28H35N2O13P/c1-13-11-30(26(32)29-23(13)31)24-21-18(38-27(2,3)39-21)16(36-24)12-35-44(33)42-17(14-7-9-15(34-6)10-8-14)19-20(43-44)22-25(37-19)41-28(4,5)40-22/h7-11,16-22,24-25H,12H2,1-6H3,(H,29,31,32)/t16-,17-,18-,19-,20+,21-,22-,24-,25-,44+/m1/s1. The van der Waals surface area contributed by atoms with Gasteiger partial charge in [-0.1, -0.05) is 12.1 Å². The normalized spacial score (nSPS) is 40.0. The Balaban J connectivity index is 1.15. The van der Waals surface area contributed by atoms with E-state index >= 15 is 0 Å². The molecule has 5 aliphatic rings. The van der Waals surface area contributed by atoms with Gasteiger partial charge in [-0.3, -0.25) is 27.9 Å². The monoisotopic (exact) mass is 638 g/mol. The summed E-state index contributed by atoms with van der Waals surface area (Å²) in [6, 6.07) is 7.08. The molecule has 1 N–H and O–H groups in total. The number of benzene rings is 1. The lowest BCUT2D eigenvalue weighted by Crippen LogP contribution is -2.43. The molecule has 7 rings (SSSR count). The number of H-pyrrole nitrogens is 1. The highest BCUT2D eigenvalue weighted by Crippen LogP contribution is 2.63. The van der Waals surface area contributed by atoms with Crippen LogP contribution in [0.1, 0.15) is 51.2 Å². The molecule has 15 nitrogen and oxygen atoms in total. The van der Waals surface area contributed by atoms with Crippen LogP contribution >= 0.6 is 7.82 Å². The number of nitrogens with zero attached hydrogens (tertiary/aromatic N) is 1. The molecule has 5 aliphatic heterocycles. The second-order valence-corrected chi connectivity index (χ2v) is 13.9. The molecule has 240 valence electrons. The molecule has 0 radical (unpaired) electrons. The first-order valence-electron chi connectivity index (χ1n) is 14.3. The molecule has 0 bridgehead atoms. The van der Waals surface area contributed by atoms with Crippen molar-refractivity contribution < 1.29 is 51.3 Å². The molecule has 6 heterocycles. The van der Waals surface area contributed by atoms with Crippen molar-refractivity contribution in [2.45, 2.75) is 101 Å². The summed E-state index contributed by atoms with van der Waals surface area (Å²) in [7, 11) is -2.73. The van der Waals surface area contributed by atoms with Crippen molar-refractivity contribution in [2.75, 3.05) is 13.7 Å². The molecule has 16 heteroatoms. The lowest BCUT2D eigenvalue weighted by Gasteiger charge is -2.38. The fraction of sp³-hybridized carbons (Fsp3) is 0.643. The van der Waals surface area contributed by atoms with Gasteiger partial charge in [-0.2, -0.15) is 0 Å². The van der Waals surface area contributed by atoms with Gasteiger partial charge in [-0.25, -0.2) is 9.36 Å². The molecule has 0 saturated carbocycles. The third-order valence-corrected chi connectivity index (χ3v) is 9.66. The van der Waals surface area contributed by atoms with Gasteiger partial charge in [0.1, 0.15) is 48.5 Å². The number of methoxy groups -OCH3 is 1. The molecule has 0 unspecified atom stereocenters. The predicted molar refractivity (Wildman–Crippen MR) is 148 cm³/mol. The Labute approximate surface area is 252 Å². The number of hydrogen-bond acceptors (Lipinski definition) is 13. The lowest BCUT2D eigenvalue weighted by molar-refractivity contribution is -0.232. The molecule has 0 spiro atoms. The van der Waals surface area contributed by atoms with Crippen LogP contribution < -0.4 is 16.0 Å². The van der Waals surface area contributed by atoms with Crippen molar-refractivity contribution in [1.82, 2.24) is 9.55 Å². The highest BCUT2D eigenvalue weighted by molar-refractivity contribution is 7.48.